The number of alkyl halides is 6. The second kappa shape index (κ2) is 15.7. The van der Waals surface area contributed by atoms with Gasteiger partial charge in [0.2, 0.25) is 0 Å². The van der Waals surface area contributed by atoms with Crippen LogP contribution in [-0.2, 0) is 25.2 Å². The van der Waals surface area contributed by atoms with Crippen LogP contribution in [0.1, 0.15) is 60.5 Å². The van der Waals surface area contributed by atoms with E-state index in [2.05, 4.69) is 5.32 Å². The lowest BCUT2D eigenvalue weighted by molar-refractivity contribution is -0.138. The van der Waals surface area contributed by atoms with Gasteiger partial charge in [-0.05, 0) is 67.5 Å². The van der Waals surface area contributed by atoms with Crippen LogP contribution in [0.3, 0.4) is 0 Å². The Kier molecular flexibility index (Phi) is 12.1. The molecule has 1 aliphatic heterocycles. The Morgan fingerprint density at radius 2 is 1.27 bits per heavy atom. The molecule has 4 aromatic rings. The van der Waals surface area contributed by atoms with Gasteiger partial charge in [-0.15, -0.1) is 12.4 Å². The average molecular weight is 703 g/mol. The van der Waals surface area contributed by atoms with E-state index < -0.39 is 64.3 Å². The summed E-state index contributed by atoms with van der Waals surface area (Å²) in [5, 5.41) is 3.21. The summed E-state index contributed by atoms with van der Waals surface area (Å²) in [5.74, 6) is -1.72. The summed E-state index contributed by atoms with van der Waals surface area (Å²) in [5.41, 5.74) is 0.493. The molecule has 1 saturated heterocycles. The highest BCUT2D eigenvalue weighted by Gasteiger charge is 2.47. The first kappa shape index (κ1) is 37.8. The lowest BCUT2D eigenvalue weighted by Gasteiger charge is -2.46. The topological polar surface area (TPSA) is 49.4 Å². The molecule has 0 spiro atoms. The van der Waals surface area contributed by atoms with Crippen LogP contribution in [0, 0.1) is 13.8 Å². The summed E-state index contributed by atoms with van der Waals surface area (Å²) in [6.07, 6.45) is -8.50. The Bertz CT molecular complexity index is 1760. The molecule has 260 valence electrons. The number of ketones is 2. The second-order valence-electron chi connectivity index (χ2n) is 12.2. The fraction of sp³-hybridized carbons (Fsp3) is 0.316. The van der Waals surface area contributed by atoms with E-state index in [4.69, 9.17) is 0 Å². The highest BCUT2D eigenvalue weighted by Crippen LogP contribution is 2.36. The van der Waals surface area contributed by atoms with Crippen LogP contribution in [-0.4, -0.2) is 47.7 Å². The van der Waals surface area contributed by atoms with Crippen LogP contribution in [0.25, 0.3) is 0 Å². The lowest BCUT2D eigenvalue weighted by Crippen LogP contribution is -2.68. The number of halogens is 7. The highest BCUT2D eigenvalue weighted by atomic mass is 35.5. The van der Waals surface area contributed by atoms with Gasteiger partial charge in [0.15, 0.2) is 11.6 Å². The number of aryl methyl sites for hydroxylation is 3. The summed E-state index contributed by atoms with van der Waals surface area (Å²) in [6, 6.07) is 20.8. The Labute approximate surface area is 287 Å². The zero-order valence-electron chi connectivity index (χ0n) is 26.9. The second-order valence-corrected chi connectivity index (χ2v) is 12.2. The molecule has 1 aliphatic rings. The lowest BCUT2D eigenvalue weighted by atomic mass is 9.84. The predicted molar refractivity (Wildman–Crippen MR) is 179 cm³/mol. The summed E-state index contributed by atoms with van der Waals surface area (Å²) in [4.78, 5) is 30.1. The van der Waals surface area contributed by atoms with Gasteiger partial charge in [0.25, 0.3) is 0 Å². The van der Waals surface area contributed by atoms with Gasteiger partial charge in [-0.1, -0.05) is 84.9 Å². The van der Waals surface area contributed by atoms with E-state index >= 15 is 0 Å². The fourth-order valence-electron chi connectivity index (χ4n) is 6.50. The number of carbonyl (C=O) groups is 2. The van der Waals surface area contributed by atoms with Gasteiger partial charge in [0, 0.05) is 30.3 Å². The van der Waals surface area contributed by atoms with Crippen LogP contribution in [0.4, 0.5) is 26.3 Å². The molecule has 0 saturated carbocycles. The van der Waals surface area contributed by atoms with Crippen molar-refractivity contribution >= 4 is 24.0 Å². The number of hydrogen-bond acceptors (Lipinski definition) is 4. The van der Waals surface area contributed by atoms with Crippen LogP contribution in [0.15, 0.2) is 97.1 Å². The molecular formula is C38H37ClF6N2O2. The number of rotatable bonds is 10. The Balaban J connectivity index is 0.00000541. The van der Waals surface area contributed by atoms with Crippen molar-refractivity contribution in [1.82, 2.24) is 10.2 Å². The van der Waals surface area contributed by atoms with Gasteiger partial charge in [-0.25, -0.2) is 0 Å². The van der Waals surface area contributed by atoms with E-state index in [9.17, 15) is 35.9 Å². The molecular weight excluding hydrogens is 666 g/mol. The maximum Gasteiger partial charge on any atom is 0.417 e. The third kappa shape index (κ3) is 8.79. The number of Topliss-reactive ketones (excluding diaryl/α,β-unsaturated/α-hetero) is 2. The number of nitrogens with zero attached hydrogens (tertiary/aromatic N) is 1. The van der Waals surface area contributed by atoms with Crippen LogP contribution in [0.5, 0.6) is 0 Å². The molecule has 1 N–H and O–H groups in total. The molecule has 0 bridgehead atoms. The molecule has 3 atom stereocenters. The zero-order valence-corrected chi connectivity index (χ0v) is 27.8. The van der Waals surface area contributed by atoms with Crippen LogP contribution >= 0.6 is 12.4 Å². The van der Waals surface area contributed by atoms with Gasteiger partial charge >= 0.3 is 12.4 Å². The Hall–Kier alpha value is -3.99. The maximum absolute atomic E-state index is 14.5. The van der Waals surface area contributed by atoms with Crippen molar-refractivity contribution in [3.63, 3.8) is 0 Å². The molecule has 49 heavy (non-hydrogen) atoms. The molecule has 11 heteroatoms. The summed E-state index contributed by atoms with van der Waals surface area (Å²) in [7, 11) is 0. The number of carbonyl (C=O) groups excluding carboxylic acids is 2. The molecule has 3 unspecified atom stereocenters. The average Bonchev–Trinajstić information content (AvgIpc) is 3.05. The van der Waals surface area contributed by atoms with Crippen molar-refractivity contribution < 1.29 is 35.9 Å². The number of hydrogen-bond donors (Lipinski definition) is 1. The number of piperazine rings is 1. The molecule has 5 rings (SSSR count). The van der Waals surface area contributed by atoms with Gasteiger partial charge in [0.05, 0.1) is 23.2 Å². The predicted octanol–water partition coefficient (Wildman–Crippen LogP) is 8.71. The van der Waals surface area contributed by atoms with Gasteiger partial charge in [-0.2, -0.15) is 26.3 Å². The van der Waals surface area contributed by atoms with E-state index in [1.54, 1.807) is 0 Å². The monoisotopic (exact) mass is 702 g/mol. The molecule has 0 aliphatic carbocycles. The third-order valence-electron chi connectivity index (χ3n) is 9.03. The highest BCUT2D eigenvalue weighted by molar-refractivity contribution is 6.05. The minimum atomic E-state index is -4.84. The zero-order chi connectivity index (χ0) is 34.6. The van der Waals surface area contributed by atoms with Crippen molar-refractivity contribution in [2.45, 2.75) is 63.6 Å². The van der Waals surface area contributed by atoms with Crippen molar-refractivity contribution in [2.75, 3.05) is 13.1 Å². The van der Waals surface area contributed by atoms with E-state index in [1.807, 2.05) is 62.4 Å². The SMILES string of the molecule is Cc1ccc(CC2NCC(C(=O)c3ccccc3C(F)(F)F)N(CCCc3ccccc3)C2C(=O)c2ccccc2C(F)(F)F)cc1C.Cl. The first-order valence-corrected chi connectivity index (χ1v) is 15.8. The van der Waals surface area contributed by atoms with E-state index in [0.29, 0.717) is 12.8 Å². The largest absolute Gasteiger partial charge is 0.417 e. The van der Waals surface area contributed by atoms with Crippen LogP contribution < -0.4 is 5.32 Å². The first-order valence-electron chi connectivity index (χ1n) is 15.8. The van der Waals surface area contributed by atoms with Gasteiger partial charge in [-0.3, -0.25) is 14.5 Å². The molecule has 4 aromatic carbocycles. The quantitative estimate of drug-likeness (QED) is 0.133. The first-order chi connectivity index (χ1) is 22.8. The number of benzene rings is 4. The summed E-state index contributed by atoms with van der Waals surface area (Å²) in [6.45, 7) is 3.85. The Morgan fingerprint density at radius 1 is 0.714 bits per heavy atom. The van der Waals surface area contributed by atoms with E-state index in [1.165, 1.54) is 29.2 Å². The minimum Gasteiger partial charge on any atom is -0.310 e. The molecule has 1 fully saturated rings. The number of nitrogens with one attached hydrogen (secondary N) is 1. The van der Waals surface area contributed by atoms with Crippen molar-refractivity contribution in [3.05, 3.63) is 142 Å². The van der Waals surface area contributed by atoms with Crippen molar-refractivity contribution in [1.29, 1.82) is 0 Å². The molecule has 1 heterocycles. The standard InChI is InChI=1S/C38H36F6N2O2.ClH/c1-24-18-19-27(21-25(24)2)22-32-34(36(48)29-15-7-9-17-31(29)38(42,43)44)46(20-10-13-26-11-4-3-5-12-26)33(23-45-32)35(47)28-14-6-8-16-30(28)37(39,40)41;/h3-9,11-12,14-19,21,32-34,45H,10,13,20,22-23H2,1-2H3;1H. The van der Waals surface area contributed by atoms with Crippen LogP contribution in [0.2, 0.25) is 0 Å². The van der Waals surface area contributed by atoms with Gasteiger partial charge in [0.1, 0.15) is 0 Å². The van der Waals surface area contributed by atoms with Gasteiger partial charge < -0.3 is 5.32 Å². The van der Waals surface area contributed by atoms with E-state index in [0.717, 1.165) is 46.5 Å². The minimum absolute atomic E-state index is 0. The van der Waals surface area contributed by atoms with Crippen molar-refractivity contribution in [2.24, 2.45) is 0 Å². The third-order valence-corrected chi connectivity index (χ3v) is 9.03. The normalized spacial score (nSPS) is 18.5. The molecule has 0 amide bonds. The van der Waals surface area contributed by atoms with Crippen molar-refractivity contribution in [3.8, 4) is 0 Å². The smallest absolute Gasteiger partial charge is 0.310 e. The van der Waals surface area contributed by atoms with E-state index in [-0.39, 0.29) is 31.9 Å². The summed E-state index contributed by atoms with van der Waals surface area (Å²) >= 11 is 0. The Morgan fingerprint density at radius 3 is 1.84 bits per heavy atom. The molecule has 0 radical (unpaired) electrons. The maximum atomic E-state index is 14.5. The summed E-state index contributed by atoms with van der Waals surface area (Å²) < 4.78 is 84.9. The molecule has 4 nitrogen and oxygen atoms in total. The fourth-order valence-corrected chi connectivity index (χ4v) is 6.50. The molecule has 0 aromatic heterocycles.